The topological polar surface area (TPSA) is 38.3 Å². The number of nitrogens with one attached hydrogen (secondary N) is 1. The smallest absolute Gasteiger partial charge is 0.310 e. The van der Waals surface area contributed by atoms with Gasteiger partial charge in [-0.15, -0.1) is 11.3 Å². The van der Waals surface area contributed by atoms with Crippen LogP contribution in [0.3, 0.4) is 0 Å². The van der Waals surface area contributed by atoms with Crippen LogP contribution in [-0.2, 0) is 22.4 Å². The number of hydrogen-bond acceptors (Lipinski definition) is 4. The minimum Gasteiger partial charge on any atom is -0.466 e. The lowest BCUT2D eigenvalue weighted by Crippen LogP contribution is -2.08. The van der Waals surface area contributed by atoms with E-state index < -0.39 is 0 Å². The van der Waals surface area contributed by atoms with Crippen molar-refractivity contribution in [1.29, 1.82) is 0 Å². The molecule has 1 unspecified atom stereocenters. The molecule has 3 nitrogen and oxygen atoms in total. The van der Waals surface area contributed by atoms with Gasteiger partial charge in [0, 0.05) is 17.1 Å². The van der Waals surface area contributed by atoms with Crippen LogP contribution < -0.4 is 5.32 Å². The van der Waals surface area contributed by atoms with Gasteiger partial charge in [-0.1, -0.05) is 45.2 Å². The molecule has 1 N–H and O–H groups in total. The van der Waals surface area contributed by atoms with Gasteiger partial charge in [0.15, 0.2) is 0 Å². The second-order valence-corrected chi connectivity index (χ2v) is 8.64. The van der Waals surface area contributed by atoms with Gasteiger partial charge in [0.25, 0.3) is 0 Å². The molecule has 0 bridgehead atoms. The Labute approximate surface area is 180 Å². The Morgan fingerprint density at radius 3 is 2.52 bits per heavy atom. The molecular weight excluding hydrogens is 378 g/mol. The number of esters is 1. The monoisotopic (exact) mass is 415 g/mol. The molecule has 160 valence electrons. The molecule has 0 saturated carbocycles. The van der Waals surface area contributed by atoms with Crippen molar-refractivity contribution in [2.75, 3.05) is 18.5 Å². The van der Waals surface area contributed by atoms with Crippen LogP contribution in [0.2, 0.25) is 0 Å². The molecule has 0 aliphatic heterocycles. The summed E-state index contributed by atoms with van der Waals surface area (Å²) in [7, 11) is 0. The number of rotatable bonds is 14. The van der Waals surface area contributed by atoms with E-state index in [4.69, 9.17) is 4.74 Å². The van der Waals surface area contributed by atoms with E-state index in [0.717, 1.165) is 36.6 Å². The molecule has 0 aliphatic rings. The van der Waals surface area contributed by atoms with Crippen molar-refractivity contribution in [1.82, 2.24) is 0 Å². The first kappa shape index (κ1) is 23.5. The van der Waals surface area contributed by atoms with Gasteiger partial charge in [0.1, 0.15) is 0 Å². The third-order valence-corrected chi connectivity index (χ3v) is 6.28. The highest BCUT2D eigenvalue weighted by Gasteiger charge is 2.15. The maximum absolute atomic E-state index is 11.6. The summed E-state index contributed by atoms with van der Waals surface area (Å²) >= 11 is 1.92. The molecule has 0 amide bonds. The zero-order chi connectivity index (χ0) is 20.9. The fraction of sp³-hybridized carbons (Fsp3) is 0.560. The van der Waals surface area contributed by atoms with E-state index in [1.807, 2.05) is 42.5 Å². The molecule has 0 spiro atoms. The summed E-state index contributed by atoms with van der Waals surface area (Å²) in [4.78, 5) is 13.1. The van der Waals surface area contributed by atoms with E-state index in [9.17, 15) is 4.79 Å². The largest absolute Gasteiger partial charge is 0.466 e. The SMILES string of the molecule is CCCCC(CCC)c1ccsc1CCCNc1ccc(CC(=O)OCC)cc1. The Morgan fingerprint density at radius 1 is 1.03 bits per heavy atom. The second kappa shape index (κ2) is 13.4. The summed E-state index contributed by atoms with van der Waals surface area (Å²) in [5.41, 5.74) is 3.70. The average molecular weight is 416 g/mol. The maximum Gasteiger partial charge on any atom is 0.310 e. The van der Waals surface area contributed by atoms with Crippen LogP contribution in [0.15, 0.2) is 35.7 Å². The predicted octanol–water partition coefficient (Wildman–Crippen LogP) is 6.97. The summed E-state index contributed by atoms with van der Waals surface area (Å²) in [6.07, 6.45) is 9.11. The van der Waals surface area contributed by atoms with Crippen molar-refractivity contribution < 1.29 is 9.53 Å². The lowest BCUT2D eigenvalue weighted by Gasteiger charge is -2.17. The van der Waals surface area contributed by atoms with Gasteiger partial charge in [-0.2, -0.15) is 0 Å². The number of unbranched alkanes of at least 4 members (excludes halogenated alkanes) is 1. The highest BCUT2D eigenvalue weighted by atomic mass is 32.1. The maximum atomic E-state index is 11.6. The van der Waals surface area contributed by atoms with Gasteiger partial charge >= 0.3 is 5.97 Å². The highest BCUT2D eigenvalue weighted by molar-refractivity contribution is 7.10. The first-order chi connectivity index (χ1) is 14.2. The molecule has 1 atom stereocenters. The molecule has 0 aliphatic carbocycles. The van der Waals surface area contributed by atoms with Gasteiger partial charge in [0.05, 0.1) is 13.0 Å². The predicted molar refractivity (Wildman–Crippen MR) is 125 cm³/mol. The van der Waals surface area contributed by atoms with Crippen molar-refractivity contribution in [3.63, 3.8) is 0 Å². The molecular formula is C25H37NO2S. The van der Waals surface area contributed by atoms with Crippen molar-refractivity contribution in [2.24, 2.45) is 0 Å². The number of hydrogen-bond donors (Lipinski definition) is 1. The molecule has 1 aromatic carbocycles. The molecule has 2 aromatic rings. The summed E-state index contributed by atoms with van der Waals surface area (Å²) in [5.74, 6) is 0.571. The van der Waals surface area contributed by atoms with Crippen molar-refractivity contribution in [3.8, 4) is 0 Å². The molecule has 0 saturated heterocycles. The molecule has 0 radical (unpaired) electrons. The Balaban J connectivity index is 1.79. The van der Waals surface area contributed by atoms with E-state index in [1.54, 1.807) is 10.4 Å². The van der Waals surface area contributed by atoms with Crippen molar-refractivity contribution in [3.05, 3.63) is 51.7 Å². The summed E-state index contributed by atoms with van der Waals surface area (Å²) in [5, 5.41) is 5.78. The summed E-state index contributed by atoms with van der Waals surface area (Å²) in [6.45, 7) is 7.81. The first-order valence-electron chi connectivity index (χ1n) is 11.2. The van der Waals surface area contributed by atoms with Crippen LogP contribution in [-0.4, -0.2) is 19.1 Å². The van der Waals surface area contributed by atoms with Gasteiger partial charge in [-0.3, -0.25) is 4.79 Å². The zero-order valence-corrected chi connectivity index (χ0v) is 19.2. The highest BCUT2D eigenvalue weighted by Crippen LogP contribution is 2.33. The van der Waals surface area contributed by atoms with E-state index in [2.05, 4.69) is 30.6 Å². The number of thiophene rings is 1. The molecule has 1 aromatic heterocycles. The number of ether oxygens (including phenoxy) is 1. The van der Waals surface area contributed by atoms with E-state index >= 15 is 0 Å². The third kappa shape index (κ3) is 8.22. The van der Waals surface area contributed by atoms with Crippen molar-refractivity contribution >= 4 is 23.0 Å². The minimum absolute atomic E-state index is 0.166. The molecule has 4 heteroatoms. The lowest BCUT2D eigenvalue weighted by molar-refractivity contribution is -0.142. The van der Waals surface area contributed by atoms with Crippen LogP contribution >= 0.6 is 11.3 Å². The van der Waals surface area contributed by atoms with Crippen LogP contribution in [0, 0.1) is 0 Å². The van der Waals surface area contributed by atoms with Gasteiger partial charge in [0.2, 0.25) is 0 Å². The third-order valence-electron chi connectivity index (χ3n) is 5.28. The van der Waals surface area contributed by atoms with Crippen LogP contribution in [0.4, 0.5) is 5.69 Å². The Kier molecular flexibility index (Phi) is 10.9. The van der Waals surface area contributed by atoms with Gasteiger partial charge < -0.3 is 10.1 Å². The number of benzene rings is 1. The number of carbonyl (C=O) groups excluding carboxylic acids is 1. The molecule has 2 rings (SSSR count). The van der Waals surface area contributed by atoms with Gasteiger partial charge in [-0.25, -0.2) is 0 Å². The Morgan fingerprint density at radius 2 is 1.83 bits per heavy atom. The number of aryl methyl sites for hydroxylation is 1. The normalized spacial score (nSPS) is 12.0. The standard InChI is InChI=1S/C25H37NO2S/c1-4-7-10-21(9-5-2)23-16-18-29-24(23)11-8-17-26-22-14-12-20(13-15-22)19-25(27)28-6-3/h12-16,18,21,26H,4-11,17,19H2,1-3H3. The van der Waals surface area contributed by atoms with Gasteiger partial charge in [-0.05, 0) is 73.2 Å². The van der Waals surface area contributed by atoms with Crippen LogP contribution in [0.5, 0.6) is 0 Å². The van der Waals surface area contributed by atoms with Crippen molar-refractivity contribution in [2.45, 2.75) is 78.1 Å². The quantitative estimate of drug-likeness (QED) is 0.267. The van der Waals surface area contributed by atoms with E-state index in [0.29, 0.717) is 13.0 Å². The lowest BCUT2D eigenvalue weighted by atomic mass is 9.89. The summed E-state index contributed by atoms with van der Waals surface area (Å²) < 4.78 is 5.00. The second-order valence-electron chi connectivity index (χ2n) is 7.64. The minimum atomic E-state index is -0.166. The van der Waals surface area contributed by atoms with E-state index in [-0.39, 0.29) is 5.97 Å². The number of carbonyl (C=O) groups is 1. The fourth-order valence-corrected chi connectivity index (χ4v) is 4.78. The first-order valence-corrected chi connectivity index (χ1v) is 12.1. The Bertz CT molecular complexity index is 708. The van der Waals surface area contributed by atoms with E-state index in [1.165, 1.54) is 32.1 Å². The molecule has 29 heavy (non-hydrogen) atoms. The summed E-state index contributed by atoms with van der Waals surface area (Å²) in [6, 6.07) is 10.5. The average Bonchev–Trinajstić information content (AvgIpc) is 3.18. The fourth-order valence-electron chi connectivity index (χ4n) is 3.77. The van der Waals surface area contributed by atoms with Crippen LogP contribution in [0.25, 0.3) is 0 Å². The molecule has 1 heterocycles. The molecule has 0 fully saturated rings. The number of anilines is 1. The zero-order valence-electron chi connectivity index (χ0n) is 18.3. The van der Waals surface area contributed by atoms with Crippen LogP contribution in [0.1, 0.15) is 81.2 Å². The Hall–Kier alpha value is -1.81.